The molecule has 7 nitrogen and oxygen atoms in total. The highest BCUT2D eigenvalue weighted by Crippen LogP contribution is 2.53. The van der Waals surface area contributed by atoms with E-state index in [1.165, 1.54) is 17.0 Å². The number of hydrogen-bond donors (Lipinski definition) is 2. The van der Waals surface area contributed by atoms with E-state index in [1.54, 1.807) is 37.3 Å². The molecule has 4 atom stereocenters. The van der Waals surface area contributed by atoms with Gasteiger partial charge < -0.3 is 10.4 Å². The van der Waals surface area contributed by atoms with Gasteiger partial charge in [-0.05, 0) is 67.1 Å². The number of carboxylic acid groups (broad SMARTS) is 1. The van der Waals surface area contributed by atoms with Crippen molar-refractivity contribution in [2.45, 2.75) is 13.3 Å². The number of imide groups is 1. The van der Waals surface area contributed by atoms with Crippen LogP contribution in [0.2, 0.25) is 0 Å². The zero-order chi connectivity index (χ0) is 21.9. The zero-order valence-corrected chi connectivity index (χ0v) is 16.7. The van der Waals surface area contributed by atoms with E-state index in [2.05, 4.69) is 17.5 Å². The van der Waals surface area contributed by atoms with E-state index in [0.717, 1.165) is 12.0 Å². The maximum atomic E-state index is 12.9. The van der Waals surface area contributed by atoms with Crippen LogP contribution in [0.4, 0.5) is 11.4 Å². The number of anilines is 2. The average Bonchev–Trinajstić information content (AvgIpc) is 3.43. The van der Waals surface area contributed by atoms with E-state index < -0.39 is 11.9 Å². The van der Waals surface area contributed by atoms with E-state index in [4.69, 9.17) is 5.11 Å². The lowest BCUT2D eigenvalue weighted by molar-refractivity contribution is -0.123. The maximum Gasteiger partial charge on any atom is 0.335 e. The highest BCUT2D eigenvalue weighted by atomic mass is 16.4. The third-order valence-electron chi connectivity index (χ3n) is 6.59. The Labute approximate surface area is 178 Å². The van der Waals surface area contributed by atoms with E-state index in [9.17, 15) is 19.2 Å². The Morgan fingerprint density at radius 1 is 0.935 bits per heavy atom. The molecule has 1 aliphatic heterocycles. The fourth-order valence-electron chi connectivity index (χ4n) is 5.00. The first-order valence-corrected chi connectivity index (χ1v) is 10.2. The van der Waals surface area contributed by atoms with Gasteiger partial charge in [-0.15, -0.1) is 0 Å². The molecular formula is C24H20N2O5. The molecule has 3 aliphatic rings. The summed E-state index contributed by atoms with van der Waals surface area (Å²) in [6.45, 7) is 1.77. The van der Waals surface area contributed by atoms with E-state index in [0.29, 0.717) is 16.9 Å². The number of allylic oxidation sites excluding steroid dienone is 2. The standard InChI is InChI=1S/C24H20N2O5/c1-12-2-3-16(24(30)31)11-18(12)25-21(27)13-6-8-17(9-7-13)26-22(28)19-14-4-5-15(10-14)20(19)23(26)29/h2-9,11,14-15,19-20H,10H2,1H3,(H,25,27)(H,30,31)/t14-,15-,19+,20+/m1/s1. The normalized spacial score (nSPS) is 25.8. The third kappa shape index (κ3) is 2.96. The van der Waals surface area contributed by atoms with Crippen LogP contribution >= 0.6 is 0 Å². The van der Waals surface area contributed by atoms with Crippen molar-refractivity contribution in [1.82, 2.24) is 0 Å². The van der Waals surface area contributed by atoms with Crippen LogP contribution in [0.15, 0.2) is 54.6 Å². The summed E-state index contributed by atoms with van der Waals surface area (Å²) < 4.78 is 0. The van der Waals surface area contributed by atoms with E-state index in [1.807, 2.05) is 0 Å². The summed E-state index contributed by atoms with van der Waals surface area (Å²) in [5.74, 6) is -2.05. The number of rotatable bonds is 4. The lowest BCUT2D eigenvalue weighted by atomic mass is 9.85. The largest absolute Gasteiger partial charge is 0.478 e. The Bertz CT molecular complexity index is 1140. The van der Waals surface area contributed by atoms with Gasteiger partial charge in [0.15, 0.2) is 0 Å². The Morgan fingerprint density at radius 3 is 2.10 bits per heavy atom. The van der Waals surface area contributed by atoms with Gasteiger partial charge in [-0.25, -0.2) is 4.79 Å². The van der Waals surface area contributed by atoms with Gasteiger partial charge in [-0.3, -0.25) is 19.3 Å². The van der Waals surface area contributed by atoms with Crippen molar-refractivity contribution < 1.29 is 24.3 Å². The van der Waals surface area contributed by atoms with Crippen LogP contribution < -0.4 is 10.2 Å². The van der Waals surface area contributed by atoms with Crippen molar-refractivity contribution in [2.24, 2.45) is 23.7 Å². The van der Waals surface area contributed by atoms with Crippen LogP contribution in [-0.2, 0) is 9.59 Å². The number of nitrogens with one attached hydrogen (secondary N) is 1. The summed E-state index contributed by atoms with van der Waals surface area (Å²) in [5, 5.41) is 11.9. The molecule has 7 heteroatoms. The molecule has 1 saturated heterocycles. The van der Waals surface area contributed by atoms with E-state index >= 15 is 0 Å². The average molecular weight is 416 g/mol. The number of nitrogens with zero attached hydrogens (tertiary/aromatic N) is 1. The van der Waals surface area contributed by atoms with Crippen LogP contribution in [0.3, 0.4) is 0 Å². The van der Waals surface area contributed by atoms with Crippen molar-refractivity contribution >= 4 is 35.1 Å². The van der Waals surface area contributed by atoms with Gasteiger partial charge in [0.2, 0.25) is 11.8 Å². The van der Waals surface area contributed by atoms with Gasteiger partial charge in [0.05, 0.1) is 23.1 Å². The fourth-order valence-corrected chi connectivity index (χ4v) is 5.00. The van der Waals surface area contributed by atoms with Gasteiger partial charge in [0.25, 0.3) is 5.91 Å². The summed E-state index contributed by atoms with van der Waals surface area (Å²) in [7, 11) is 0. The van der Waals surface area contributed by atoms with Gasteiger partial charge in [-0.2, -0.15) is 0 Å². The molecule has 0 aromatic heterocycles. The minimum atomic E-state index is -1.08. The van der Waals surface area contributed by atoms with Crippen LogP contribution in [0.1, 0.15) is 32.7 Å². The lowest BCUT2D eigenvalue weighted by Gasteiger charge is -2.17. The first-order chi connectivity index (χ1) is 14.8. The summed E-state index contributed by atoms with van der Waals surface area (Å²) in [5.41, 5.74) is 2.03. The molecule has 2 bridgehead atoms. The predicted molar refractivity (Wildman–Crippen MR) is 113 cm³/mol. The van der Waals surface area contributed by atoms with Gasteiger partial charge in [-0.1, -0.05) is 18.2 Å². The summed E-state index contributed by atoms with van der Waals surface area (Å²) in [4.78, 5) is 50.9. The molecule has 1 heterocycles. The number of hydrogen-bond acceptors (Lipinski definition) is 4. The summed E-state index contributed by atoms with van der Waals surface area (Å²) in [6.07, 6.45) is 4.98. The van der Waals surface area contributed by atoms with E-state index in [-0.39, 0.29) is 41.0 Å². The SMILES string of the molecule is Cc1ccc(C(=O)O)cc1NC(=O)c1ccc(N2C(=O)[C@@H]3[C@@H](C2=O)[C@@H]2C=C[C@@H]3C2)cc1. The topological polar surface area (TPSA) is 104 Å². The zero-order valence-electron chi connectivity index (χ0n) is 16.7. The molecule has 5 rings (SSSR count). The number of amides is 3. The minimum absolute atomic E-state index is 0.0799. The van der Waals surface area contributed by atoms with Crippen molar-refractivity contribution in [3.8, 4) is 0 Å². The smallest absolute Gasteiger partial charge is 0.335 e. The van der Waals surface area contributed by atoms with Crippen LogP contribution in [0.5, 0.6) is 0 Å². The highest BCUT2D eigenvalue weighted by molar-refractivity contribution is 6.23. The number of aryl methyl sites for hydroxylation is 1. The van der Waals surface area contributed by atoms with Crippen molar-refractivity contribution in [3.63, 3.8) is 0 Å². The molecule has 1 saturated carbocycles. The third-order valence-corrected chi connectivity index (χ3v) is 6.59. The second-order valence-electron chi connectivity index (χ2n) is 8.35. The Morgan fingerprint density at radius 2 is 1.52 bits per heavy atom. The Kier molecular flexibility index (Phi) is 4.28. The molecule has 0 radical (unpaired) electrons. The number of carboxylic acids is 1. The molecule has 2 aliphatic carbocycles. The van der Waals surface area contributed by atoms with Crippen molar-refractivity contribution in [3.05, 3.63) is 71.3 Å². The molecule has 0 unspecified atom stereocenters. The fraction of sp³-hybridized carbons (Fsp3) is 0.250. The Balaban J connectivity index is 1.35. The van der Waals surface area contributed by atoms with Gasteiger partial charge in [0.1, 0.15) is 0 Å². The summed E-state index contributed by atoms with van der Waals surface area (Å²) in [6, 6.07) is 10.8. The number of carbonyl (C=O) groups is 4. The molecule has 0 spiro atoms. The quantitative estimate of drug-likeness (QED) is 0.588. The molecular weight excluding hydrogens is 396 g/mol. The van der Waals surface area contributed by atoms with Crippen LogP contribution in [-0.4, -0.2) is 28.8 Å². The lowest BCUT2D eigenvalue weighted by Crippen LogP contribution is -2.32. The number of benzene rings is 2. The monoisotopic (exact) mass is 416 g/mol. The van der Waals surface area contributed by atoms with Gasteiger partial charge in [0, 0.05) is 11.3 Å². The van der Waals surface area contributed by atoms with Crippen molar-refractivity contribution in [2.75, 3.05) is 10.2 Å². The second kappa shape index (κ2) is 6.91. The molecule has 2 aromatic carbocycles. The predicted octanol–water partition coefficient (Wildman–Crippen LogP) is 3.26. The van der Waals surface area contributed by atoms with Crippen LogP contribution in [0, 0.1) is 30.6 Å². The minimum Gasteiger partial charge on any atom is -0.478 e. The number of aromatic carboxylic acids is 1. The van der Waals surface area contributed by atoms with Gasteiger partial charge >= 0.3 is 5.97 Å². The Hall–Kier alpha value is -3.74. The van der Waals surface area contributed by atoms with Crippen LogP contribution in [0.25, 0.3) is 0 Å². The first kappa shape index (κ1) is 19.2. The molecule has 2 aromatic rings. The number of fused-ring (bicyclic) bond motifs is 5. The maximum absolute atomic E-state index is 12.9. The van der Waals surface area contributed by atoms with Crippen molar-refractivity contribution in [1.29, 1.82) is 0 Å². The molecule has 156 valence electrons. The molecule has 2 N–H and O–H groups in total. The first-order valence-electron chi connectivity index (χ1n) is 10.2. The number of carbonyl (C=O) groups excluding carboxylic acids is 3. The molecule has 31 heavy (non-hydrogen) atoms. The highest BCUT2D eigenvalue weighted by Gasteiger charge is 2.59. The molecule has 3 amide bonds. The molecule has 2 fully saturated rings. The second-order valence-corrected chi connectivity index (χ2v) is 8.35. The summed E-state index contributed by atoms with van der Waals surface area (Å²) >= 11 is 0.